The monoisotopic (exact) mass is 361 g/mol. The summed E-state index contributed by atoms with van der Waals surface area (Å²) in [4.78, 5) is 26.9. The Bertz CT molecular complexity index is 1050. The average Bonchev–Trinajstić information content (AvgIpc) is 3.14. The number of nitrogens with zero attached hydrogens (tertiary/aromatic N) is 2. The van der Waals surface area contributed by atoms with Gasteiger partial charge in [0.15, 0.2) is 5.82 Å². The molecule has 0 saturated heterocycles. The summed E-state index contributed by atoms with van der Waals surface area (Å²) >= 11 is 0. The third-order valence-corrected chi connectivity index (χ3v) is 5.40. The predicted octanol–water partition coefficient (Wildman–Crippen LogP) is 4.14. The molecule has 1 fully saturated rings. The van der Waals surface area contributed by atoms with Gasteiger partial charge in [-0.2, -0.15) is 5.10 Å². The van der Waals surface area contributed by atoms with E-state index in [-0.39, 0.29) is 23.5 Å². The number of H-pyrrole nitrogens is 1. The Morgan fingerprint density at radius 3 is 2.19 bits per heavy atom. The number of rotatable bonds is 3. The largest absolute Gasteiger partial charge is 0.275 e. The molecule has 134 valence electrons. The third-order valence-electron chi connectivity index (χ3n) is 5.40. The van der Waals surface area contributed by atoms with E-state index in [1.807, 2.05) is 0 Å². The molecule has 2 aromatic carbocycles. The zero-order valence-corrected chi connectivity index (χ0v) is 14.6. The first-order chi connectivity index (χ1) is 13.1. The number of aromatic amines is 1. The van der Waals surface area contributed by atoms with Crippen molar-refractivity contribution in [3.63, 3.8) is 0 Å². The molecule has 2 heterocycles. The van der Waals surface area contributed by atoms with Gasteiger partial charge >= 0.3 is 0 Å². The van der Waals surface area contributed by atoms with E-state index >= 15 is 0 Å². The molecule has 3 aromatic rings. The zero-order valence-electron chi connectivity index (χ0n) is 14.6. The normalized spacial score (nSPS) is 20.9. The number of carbonyl (C=O) groups excluding carboxylic acids is 2. The first-order valence-corrected chi connectivity index (χ1v) is 8.88. The average molecular weight is 361 g/mol. The topological polar surface area (TPSA) is 66.1 Å². The highest BCUT2D eigenvalue weighted by Gasteiger charge is 2.45. The highest BCUT2D eigenvalue weighted by atomic mass is 19.1. The first-order valence-electron chi connectivity index (χ1n) is 8.88. The maximum atomic E-state index is 13.3. The number of anilines is 1. The molecule has 2 amide bonds. The summed E-state index contributed by atoms with van der Waals surface area (Å²) in [6.07, 6.45) is 0.962. The molecule has 5 nitrogen and oxygen atoms in total. The van der Waals surface area contributed by atoms with E-state index in [0.717, 1.165) is 28.1 Å². The molecule has 0 spiro atoms. The molecular weight excluding hydrogens is 345 g/mol. The van der Waals surface area contributed by atoms with E-state index in [0.29, 0.717) is 22.9 Å². The Morgan fingerprint density at radius 1 is 1.04 bits per heavy atom. The van der Waals surface area contributed by atoms with Crippen molar-refractivity contribution in [1.82, 2.24) is 10.2 Å². The Balaban J connectivity index is 1.65. The molecule has 0 radical (unpaired) electrons. The van der Waals surface area contributed by atoms with Crippen molar-refractivity contribution >= 4 is 17.6 Å². The summed E-state index contributed by atoms with van der Waals surface area (Å²) in [6, 6.07) is 12.9. The summed E-state index contributed by atoms with van der Waals surface area (Å²) in [5.41, 5.74) is 3.15. The fraction of sp³-hybridized carbons (Fsp3) is 0.190. The second-order valence-corrected chi connectivity index (χ2v) is 7.15. The van der Waals surface area contributed by atoms with Crippen LogP contribution < -0.4 is 4.90 Å². The van der Waals surface area contributed by atoms with Crippen molar-refractivity contribution in [2.24, 2.45) is 5.92 Å². The van der Waals surface area contributed by atoms with Crippen LogP contribution >= 0.6 is 0 Å². The van der Waals surface area contributed by atoms with Crippen molar-refractivity contribution in [2.75, 3.05) is 4.90 Å². The van der Waals surface area contributed by atoms with E-state index in [1.165, 1.54) is 12.1 Å². The lowest BCUT2D eigenvalue weighted by molar-refractivity contribution is 0.0924. The van der Waals surface area contributed by atoms with Gasteiger partial charge in [-0.1, -0.05) is 19.1 Å². The van der Waals surface area contributed by atoms with E-state index in [1.54, 1.807) is 36.4 Å². The van der Waals surface area contributed by atoms with Crippen LogP contribution in [0.4, 0.5) is 10.2 Å². The highest BCUT2D eigenvalue weighted by molar-refractivity contribution is 6.34. The summed E-state index contributed by atoms with van der Waals surface area (Å²) in [5.74, 6) is -0.0292. The molecule has 1 aliphatic carbocycles. The molecule has 2 atom stereocenters. The smallest absolute Gasteiger partial charge is 0.267 e. The molecule has 1 aliphatic heterocycles. The predicted molar refractivity (Wildman–Crippen MR) is 98.1 cm³/mol. The Kier molecular flexibility index (Phi) is 3.31. The van der Waals surface area contributed by atoms with Crippen LogP contribution in [-0.2, 0) is 0 Å². The van der Waals surface area contributed by atoms with Crippen molar-refractivity contribution in [2.45, 2.75) is 19.3 Å². The molecule has 27 heavy (non-hydrogen) atoms. The second-order valence-electron chi connectivity index (χ2n) is 7.15. The van der Waals surface area contributed by atoms with Gasteiger partial charge in [0.05, 0.1) is 16.8 Å². The summed E-state index contributed by atoms with van der Waals surface area (Å²) in [6.45, 7) is 2.12. The van der Waals surface area contributed by atoms with Crippen LogP contribution in [0.1, 0.15) is 45.5 Å². The number of nitrogens with one attached hydrogen (secondary N) is 1. The fourth-order valence-electron chi connectivity index (χ4n) is 3.81. The lowest BCUT2D eigenvalue weighted by Crippen LogP contribution is -2.30. The maximum Gasteiger partial charge on any atom is 0.267 e. The zero-order chi connectivity index (χ0) is 18.7. The molecule has 1 saturated carbocycles. The van der Waals surface area contributed by atoms with Gasteiger partial charge in [-0.25, -0.2) is 9.29 Å². The number of halogens is 1. The Labute approximate surface area is 154 Å². The summed E-state index contributed by atoms with van der Waals surface area (Å²) in [5, 5.41) is 7.32. The molecule has 2 unspecified atom stereocenters. The SMILES string of the molecule is CC1CC1c1c(N2C(=O)c3ccccc3C2=O)n[nH]c1-c1ccc(F)cc1. The number of hydrogen-bond acceptors (Lipinski definition) is 3. The Morgan fingerprint density at radius 2 is 1.63 bits per heavy atom. The number of aromatic nitrogens is 2. The van der Waals surface area contributed by atoms with E-state index in [2.05, 4.69) is 17.1 Å². The number of amides is 2. The van der Waals surface area contributed by atoms with Gasteiger partial charge in [-0.05, 0) is 54.7 Å². The molecular formula is C21H16FN3O2. The minimum Gasteiger partial charge on any atom is -0.275 e. The number of carbonyl (C=O) groups is 2. The van der Waals surface area contributed by atoms with Crippen molar-refractivity contribution in [3.8, 4) is 11.3 Å². The second kappa shape index (κ2) is 5.61. The van der Waals surface area contributed by atoms with Crippen molar-refractivity contribution < 1.29 is 14.0 Å². The summed E-state index contributed by atoms with van der Waals surface area (Å²) in [7, 11) is 0. The van der Waals surface area contributed by atoms with Crippen LogP contribution in [0.2, 0.25) is 0 Å². The lowest BCUT2D eigenvalue weighted by Gasteiger charge is -2.13. The molecule has 6 heteroatoms. The standard InChI is InChI=1S/C21H16FN3O2/c1-11-10-16(11)17-18(12-6-8-13(22)9-7-12)23-24-19(17)25-20(26)14-4-2-3-5-15(14)21(25)27/h2-9,11,16H,10H2,1H3,(H,23,24). The first kappa shape index (κ1) is 15.9. The van der Waals surface area contributed by atoms with Gasteiger partial charge in [-0.3, -0.25) is 14.7 Å². The van der Waals surface area contributed by atoms with Gasteiger partial charge in [0.1, 0.15) is 5.82 Å². The molecule has 1 N–H and O–H groups in total. The minimum atomic E-state index is -0.359. The van der Waals surface area contributed by atoms with Gasteiger partial charge in [0.2, 0.25) is 0 Å². The molecule has 2 aliphatic rings. The van der Waals surface area contributed by atoms with Crippen LogP contribution in [0.3, 0.4) is 0 Å². The van der Waals surface area contributed by atoms with E-state index < -0.39 is 0 Å². The third kappa shape index (κ3) is 2.33. The number of benzene rings is 2. The quantitative estimate of drug-likeness (QED) is 0.713. The van der Waals surface area contributed by atoms with Crippen molar-refractivity contribution in [1.29, 1.82) is 0 Å². The maximum absolute atomic E-state index is 13.3. The Hall–Kier alpha value is -3.28. The van der Waals surface area contributed by atoms with Crippen LogP contribution in [0.5, 0.6) is 0 Å². The van der Waals surface area contributed by atoms with E-state index in [9.17, 15) is 14.0 Å². The van der Waals surface area contributed by atoms with Crippen LogP contribution in [-0.4, -0.2) is 22.0 Å². The molecule has 5 rings (SSSR count). The van der Waals surface area contributed by atoms with Crippen molar-refractivity contribution in [3.05, 3.63) is 71.0 Å². The molecule has 0 bridgehead atoms. The lowest BCUT2D eigenvalue weighted by atomic mass is 10.0. The van der Waals surface area contributed by atoms with Crippen LogP contribution in [0.15, 0.2) is 48.5 Å². The molecule has 1 aromatic heterocycles. The van der Waals surface area contributed by atoms with Gasteiger partial charge in [0, 0.05) is 11.1 Å². The van der Waals surface area contributed by atoms with Crippen LogP contribution in [0, 0.1) is 11.7 Å². The number of hydrogen-bond donors (Lipinski definition) is 1. The minimum absolute atomic E-state index is 0.211. The number of fused-ring (bicyclic) bond motifs is 1. The highest BCUT2D eigenvalue weighted by Crippen LogP contribution is 2.53. The van der Waals surface area contributed by atoms with Crippen LogP contribution in [0.25, 0.3) is 11.3 Å². The van der Waals surface area contributed by atoms with Gasteiger partial charge in [0.25, 0.3) is 11.8 Å². The van der Waals surface area contributed by atoms with Gasteiger partial charge < -0.3 is 0 Å². The fourth-order valence-corrected chi connectivity index (χ4v) is 3.81. The van der Waals surface area contributed by atoms with E-state index in [4.69, 9.17) is 0 Å². The number of imide groups is 1. The summed E-state index contributed by atoms with van der Waals surface area (Å²) < 4.78 is 13.3. The van der Waals surface area contributed by atoms with Gasteiger partial charge in [-0.15, -0.1) is 0 Å².